The molecular weight excluding hydrogens is 254 g/mol. The number of hydrogen-bond donors (Lipinski definition) is 1. The summed E-state index contributed by atoms with van der Waals surface area (Å²) in [6, 6.07) is 1.60. The third-order valence-electron chi connectivity index (χ3n) is 3.47. The van der Waals surface area contributed by atoms with Gasteiger partial charge in [-0.05, 0) is 25.3 Å². The number of aryl methyl sites for hydroxylation is 1. The van der Waals surface area contributed by atoms with Crippen LogP contribution in [0.5, 0.6) is 0 Å². The van der Waals surface area contributed by atoms with E-state index in [0.717, 1.165) is 19.3 Å². The third kappa shape index (κ3) is 2.28. The second-order valence-corrected chi connectivity index (χ2v) is 6.28. The maximum Gasteiger partial charge on any atom is 0.270 e. The Morgan fingerprint density at radius 1 is 1.50 bits per heavy atom. The minimum atomic E-state index is -3.77. The molecule has 0 atom stereocenters. The van der Waals surface area contributed by atoms with Gasteiger partial charge in [-0.15, -0.1) is 0 Å². The van der Waals surface area contributed by atoms with Gasteiger partial charge in [0.25, 0.3) is 5.91 Å². The molecule has 0 aromatic carbocycles. The molecule has 1 aliphatic carbocycles. The maximum absolute atomic E-state index is 12.2. The Kier molecular flexibility index (Phi) is 3.20. The van der Waals surface area contributed by atoms with Crippen molar-refractivity contribution in [1.82, 2.24) is 9.47 Å². The van der Waals surface area contributed by atoms with Crippen molar-refractivity contribution in [3.63, 3.8) is 0 Å². The van der Waals surface area contributed by atoms with Gasteiger partial charge in [0.2, 0.25) is 10.0 Å². The monoisotopic (exact) mass is 271 g/mol. The molecule has 1 aromatic rings. The van der Waals surface area contributed by atoms with Crippen LogP contribution in [0.3, 0.4) is 0 Å². The van der Waals surface area contributed by atoms with Crippen molar-refractivity contribution in [3.8, 4) is 0 Å². The van der Waals surface area contributed by atoms with E-state index in [1.165, 1.54) is 16.8 Å². The van der Waals surface area contributed by atoms with Gasteiger partial charge in [-0.25, -0.2) is 13.6 Å². The number of sulfonamides is 1. The molecule has 1 heterocycles. The molecule has 6 nitrogen and oxygen atoms in total. The van der Waals surface area contributed by atoms with E-state index in [0.29, 0.717) is 5.69 Å². The number of rotatable bonds is 3. The summed E-state index contributed by atoms with van der Waals surface area (Å²) in [5, 5.41) is 5.05. The second-order valence-electron chi connectivity index (χ2n) is 4.72. The molecule has 0 saturated heterocycles. The molecule has 0 radical (unpaired) electrons. The number of carbonyl (C=O) groups excluding carboxylic acids is 1. The summed E-state index contributed by atoms with van der Waals surface area (Å²) in [6.45, 7) is 0. The number of carbonyl (C=O) groups is 1. The molecule has 2 rings (SSSR count). The minimum Gasteiger partial charge on any atom is -0.345 e. The first-order valence-corrected chi connectivity index (χ1v) is 7.31. The topological polar surface area (TPSA) is 85.4 Å². The summed E-state index contributed by atoms with van der Waals surface area (Å²) in [4.78, 5) is 13.8. The van der Waals surface area contributed by atoms with E-state index in [9.17, 15) is 13.2 Å². The number of nitrogens with zero attached hydrogens (tertiary/aromatic N) is 2. The highest BCUT2D eigenvalue weighted by atomic mass is 32.2. The lowest BCUT2D eigenvalue weighted by molar-refractivity contribution is 0.0642. The van der Waals surface area contributed by atoms with E-state index in [2.05, 4.69) is 0 Å². The zero-order valence-electron chi connectivity index (χ0n) is 10.5. The molecule has 1 amide bonds. The third-order valence-corrected chi connectivity index (χ3v) is 4.35. The van der Waals surface area contributed by atoms with Crippen molar-refractivity contribution in [3.05, 3.63) is 18.0 Å². The highest BCUT2D eigenvalue weighted by Crippen LogP contribution is 2.25. The van der Waals surface area contributed by atoms with Crippen LogP contribution in [0, 0.1) is 0 Å². The number of amides is 1. The summed E-state index contributed by atoms with van der Waals surface area (Å²) in [5.74, 6) is -0.169. The first kappa shape index (κ1) is 13.1. The normalized spacial score (nSPS) is 16.4. The number of hydrogen-bond acceptors (Lipinski definition) is 3. The van der Waals surface area contributed by atoms with Crippen molar-refractivity contribution in [1.29, 1.82) is 0 Å². The fourth-order valence-corrected chi connectivity index (χ4v) is 2.60. The first-order chi connectivity index (χ1) is 8.30. The van der Waals surface area contributed by atoms with Crippen molar-refractivity contribution >= 4 is 15.9 Å². The van der Waals surface area contributed by atoms with Crippen molar-refractivity contribution in [2.75, 3.05) is 7.05 Å². The van der Waals surface area contributed by atoms with Crippen molar-refractivity contribution < 1.29 is 13.2 Å². The lowest BCUT2D eigenvalue weighted by atomic mass is 9.92. The van der Waals surface area contributed by atoms with Gasteiger partial charge in [-0.2, -0.15) is 0 Å². The summed E-state index contributed by atoms with van der Waals surface area (Å²) < 4.78 is 24.0. The fraction of sp³-hybridized carbons (Fsp3) is 0.545. The average Bonchev–Trinajstić information content (AvgIpc) is 2.56. The average molecular weight is 271 g/mol. The Hall–Kier alpha value is -1.34. The van der Waals surface area contributed by atoms with Crippen molar-refractivity contribution in [2.45, 2.75) is 30.2 Å². The van der Waals surface area contributed by atoms with Crippen LogP contribution < -0.4 is 5.14 Å². The Morgan fingerprint density at radius 2 is 2.11 bits per heavy atom. The highest BCUT2D eigenvalue weighted by molar-refractivity contribution is 7.89. The molecule has 18 heavy (non-hydrogen) atoms. The molecular formula is C11H17N3O3S. The van der Waals surface area contributed by atoms with Crippen LogP contribution in [0.1, 0.15) is 29.8 Å². The maximum atomic E-state index is 12.2. The number of aromatic nitrogens is 1. The number of nitrogens with two attached hydrogens (primary N) is 1. The molecule has 1 saturated carbocycles. The van der Waals surface area contributed by atoms with Gasteiger partial charge < -0.3 is 9.47 Å². The van der Waals surface area contributed by atoms with Gasteiger partial charge >= 0.3 is 0 Å². The van der Waals surface area contributed by atoms with E-state index in [1.54, 1.807) is 19.0 Å². The summed E-state index contributed by atoms with van der Waals surface area (Å²) in [7, 11) is -0.386. The zero-order valence-corrected chi connectivity index (χ0v) is 11.3. The lowest BCUT2D eigenvalue weighted by Crippen LogP contribution is -2.41. The molecule has 0 unspecified atom stereocenters. The van der Waals surface area contributed by atoms with Crippen LogP contribution in [-0.4, -0.2) is 36.9 Å². The standard InChI is InChI=1S/C11H17N3O3S/c1-13-7-9(18(12,16)17)6-10(13)11(15)14(2)8-4-3-5-8/h6-8H,3-5H2,1-2H3,(H2,12,16,17). The Labute approximate surface area is 106 Å². The van der Waals surface area contributed by atoms with Crippen LogP contribution in [0.2, 0.25) is 0 Å². The van der Waals surface area contributed by atoms with Crippen LogP contribution in [-0.2, 0) is 17.1 Å². The van der Waals surface area contributed by atoms with Gasteiger partial charge in [0.15, 0.2) is 0 Å². The van der Waals surface area contributed by atoms with E-state index in [4.69, 9.17) is 5.14 Å². The minimum absolute atomic E-state index is 0.0321. The molecule has 1 aliphatic rings. The van der Waals surface area contributed by atoms with Crippen molar-refractivity contribution in [2.24, 2.45) is 12.2 Å². The summed E-state index contributed by atoms with van der Waals surface area (Å²) in [5.41, 5.74) is 0.341. The second kappa shape index (κ2) is 4.40. The molecule has 100 valence electrons. The van der Waals surface area contributed by atoms with Gasteiger partial charge in [0.05, 0.1) is 0 Å². The van der Waals surface area contributed by atoms with Crippen LogP contribution >= 0.6 is 0 Å². The molecule has 1 aromatic heterocycles. The Morgan fingerprint density at radius 3 is 2.50 bits per heavy atom. The SMILES string of the molecule is CN(C(=O)c1cc(S(N)(=O)=O)cn1C)C1CCC1. The Balaban J connectivity index is 2.28. The molecule has 1 fully saturated rings. The zero-order chi connectivity index (χ0) is 13.5. The van der Waals surface area contributed by atoms with Crippen LogP contribution in [0.15, 0.2) is 17.2 Å². The molecule has 0 spiro atoms. The van der Waals surface area contributed by atoms with Gasteiger partial charge in [-0.1, -0.05) is 0 Å². The number of primary sulfonamides is 1. The first-order valence-electron chi connectivity index (χ1n) is 5.77. The van der Waals surface area contributed by atoms with Gasteiger partial charge in [-0.3, -0.25) is 4.79 Å². The Bertz CT molecular complexity index is 572. The molecule has 7 heteroatoms. The smallest absolute Gasteiger partial charge is 0.270 e. The lowest BCUT2D eigenvalue weighted by Gasteiger charge is -2.34. The molecule has 2 N–H and O–H groups in total. The summed E-state index contributed by atoms with van der Waals surface area (Å²) in [6.07, 6.45) is 4.51. The van der Waals surface area contributed by atoms with E-state index in [1.807, 2.05) is 0 Å². The molecule has 0 bridgehead atoms. The summed E-state index contributed by atoms with van der Waals surface area (Å²) >= 11 is 0. The van der Waals surface area contributed by atoms with Crippen LogP contribution in [0.25, 0.3) is 0 Å². The van der Waals surface area contributed by atoms with Gasteiger partial charge in [0, 0.05) is 26.3 Å². The quantitative estimate of drug-likeness (QED) is 0.857. The molecule has 0 aliphatic heterocycles. The van der Waals surface area contributed by atoms with E-state index >= 15 is 0 Å². The largest absolute Gasteiger partial charge is 0.345 e. The van der Waals surface area contributed by atoms with E-state index < -0.39 is 10.0 Å². The highest BCUT2D eigenvalue weighted by Gasteiger charge is 2.28. The fourth-order valence-electron chi connectivity index (χ4n) is 2.02. The van der Waals surface area contributed by atoms with E-state index in [-0.39, 0.29) is 16.8 Å². The predicted octanol–water partition coefficient (Wildman–Crippen LogP) is 0.297. The van der Waals surface area contributed by atoms with Gasteiger partial charge in [0.1, 0.15) is 10.6 Å². The predicted molar refractivity (Wildman–Crippen MR) is 66.5 cm³/mol. The van der Waals surface area contributed by atoms with Crippen LogP contribution in [0.4, 0.5) is 0 Å².